The van der Waals surface area contributed by atoms with Crippen LogP contribution in [-0.4, -0.2) is 14.5 Å². The van der Waals surface area contributed by atoms with Crippen molar-refractivity contribution < 1.29 is 4.42 Å². The van der Waals surface area contributed by atoms with Crippen molar-refractivity contribution in [3.05, 3.63) is 72.4 Å². The summed E-state index contributed by atoms with van der Waals surface area (Å²) in [6.07, 6.45) is 1.77. The Balaban J connectivity index is 1.88. The van der Waals surface area contributed by atoms with Crippen LogP contribution in [0, 0.1) is 6.92 Å². The van der Waals surface area contributed by atoms with Crippen LogP contribution in [0.3, 0.4) is 0 Å². The molecule has 3 aromatic carbocycles. The van der Waals surface area contributed by atoms with Crippen molar-refractivity contribution in [3.8, 4) is 11.4 Å². The molecule has 0 aliphatic carbocycles. The average molecular weight is 363 g/mol. The zero-order chi connectivity index (χ0) is 18.8. The number of para-hydroxylation sites is 2. The number of aromatic nitrogens is 3. The number of nitrogens with zero attached hydrogens (tertiary/aromatic N) is 3. The minimum Gasteiger partial charge on any atom is -0.437 e. The van der Waals surface area contributed by atoms with Gasteiger partial charge in [0, 0.05) is 24.0 Å². The number of imidazole rings is 1. The van der Waals surface area contributed by atoms with Crippen LogP contribution in [0.25, 0.3) is 55.3 Å². The molecule has 3 heterocycles. The van der Waals surface area contributed by atoms with Gasteiger partial charge in [-0.3, -0.25) is 0 Å². The summed E-state index contributed by atoms with van der Waals surface area (Å²) < 4.78 is 8.46. The molecule has 0 saturated heterocycles. The van der Waals surface area contributed by atoms with Gasteiger partial charge < -0.3 is 8.98 Å². The molecule has 0 amide bonds. The maximum atomic E-state index is 6.31. The van der Waals surface area contributed by atoms with Crippen LogP contribution in [0.4, 0.5) is 0 Å². The van der Waals surface area contributed by atoms with Gasteiger partial charge in [0.25, 0.3) is 0 Å². The third-order valence-corrected chi connectivity index (χ3v) is 5.68. The molecule has 0 N–H and O–H groups in total. The van der Waals surface area contributed by atoms with Crippen molar-refractivity contribution in [2.75, 3.05) is 0 Å². The molecule has 4 nitrogen and oxygen atoms in total. The molecule has 0 aliphatic heterocycles. The number of fused-ring (bicyclic) bond motifs is 6. The number of furan rings is 1. The van der Waals surface area contributed by atoms with E-state index in [9.17, 15) is 0 Å². The quantitative estimate of drug-likeness (QED) is 0.360. The predicted molar refractivity (Wildman–Crippen MR) is 113 cm³/mol. The van der Waals surface area contributed by atoms with Gasteiger partial charge in [-0.2, -0.15) is 0 Å². The van der Waals surface area contributed by atoms with Crippen LogP contribution in [-0.2, 0) is 7.05 Å². The van der Waals surface area contributed by atoms with E-state index < -0.39 is 0 Å². The number of rotatable bonds is 1. The highest BCUT2D eigenvalue weighted by atomic mass is 16.3. The second kappa shape index (κ2) is 5.42. The monoisotopic (exact) mass is 363 g/mol. The van der Waals surface area contributed by atoms with Gasteiger partial charge in [0.1, 0.15) is 11.4 Å². The topological polar surface area (TPSA) is 43.9 Å². The zero-order valence-electron chi connectivity index (χ0n) is 15.6. The van der Waals surface area contributed by atoms with Crippen molar-refractivity contribution in [3.63, 3.8) is 0 Å². The van der Waals surface area contributed by atoms with Gasteiger partial charge >= 0.3 is 0 Å². The molecule has 134 valence electrons. The zero-order valence-corrected chi connectivity index (χ0v) is 15.6. The van der Waals surface area contributed by atoms with E-state index >= 15 is 0 Å². The minimum atomic E-state index is 0.660. The van der Waals surface area contributed by atoms with E-state index in [1.807, 2.05) is 24.3 Å². The Morgan fingerprint density at radius 1 is 0.857 bits per heavy atom. The molecule has 0 bridgehead atoms. The number of aryl methyl sites for hydroxylation is 2. The molecule has 0 spiro atoms. The van der Waals surface area contributed by atoms with Crippen molar-refractivity contribution in [1.82, 2.24) is 14.5 Å². The van der Waals surface area contributed by atoms with E-state index in [2.05, 4.69) is 59.9 Å². The van der Waals surface area contributed by atoms with E-state index in [0.717, 1.165) is 38.8 Å². The molecule has 0 aliphatic rings. The summed E-state index contributed by atoms with van der Waals surface area (Å²) >= 11 is 0. The van der Waals surface area contributed by atoms with Crippen molar-refractivity contribution >= 4 is 43.9 Å². The Morgan fingerprint density at radius 3 is 2.46 bits per heavy atom. The highest BCUT2D eigenvalue weighted by molar-refractivity contribution is 6.23. The normalized spacial score (nSPS) is 11.9. The molecular formula is C24H17N3O. The van der Waals surface area contributed by atoms with E-state index in [4.69, 9.17) is 9.40 Å². The summed E-state index contributed by atoms with van der Waals surface area (Å²) in [5.41, 5.74) is 5.80. The number of benzene rings is 3. The van der Waals surface area contributed by atoms with Gasteiger partial charge in [-0.15, -0.1) is 0 Å². The Hall–Kier alpha value is -3.66. The molecule has 3 aromatic heterocycles. The Bertz CT molecular complexity index is 1540. The first kappa shape index (κ1) is 15.4. The lowest BCUT2D eigenvalue weighted by atomic mass is 9.95. The molecule has 0 saturated carbocycles. The Morgan fingerprint density at radius 2 is 1.61 bits per heavy atom. The fourth-order valence-corrected chi connectivity index (χ4v) is 4.35. The molecule has 0 unspecified atom stereocenters. The van der Waals surface area contributed by atoms with Gasteiger partial charge in [0.2, 0.25) is 5.71 Å². The Labute approximate surface area is 161 Å². The van der Waals surface area contributed by atoms with Gasteiger partial charge in [0.05, 0.1) is 16.6 Å². The van der Waals surface area contributed by atoms with Gasteiger partial charge in [-0.25, -0.2) is 9.97 Å². The highest BCUT2D eigenvalue weighted by Crippen LogP contribution is 2.42. The minimum absolute atomic E-state index is 0.660. The van der Waals surface area contributed by atoms with Crippen molar-refractivity contribution in [2.24, 2.45) is 7.05 Å². The van der Waals surface area contributed by atoms with Crippen LogP contribution >= 0.6 is 0 Å². The fraction of sp³-hybridized carbons (Fsp3) is 0.0833. The summed E-state index contributed by atoms with van der Waals surface area (Å²) in [4.78, 5) is 9.41. The number of hydrogen-bond acceptors (Lipinski definition) is 3. The van der Waals surface area contributed by atoms with Crippen molar-refractivity contribution in [1.29, 1.82) is 0 Å². The summed E-state index contributed by atoms with van der Waals surface area (Å²) in [5.74, 6) is 0.911. The molecule has 0 radical (unpaired) electrons. The molecule has 0 atom stereocenters. The van der Waals surface area contributed by atoms with Gasteiger partial charge in [-0.05, 0) is 47.5 Å². The van der Waals surface area contributed by atoms with Gasteiger partial charge in [0.15, 0.2) is 0 Å². The summed E-state index contributed by atoms with van der Waals surface area (Å²) in [5, 5.41) is 4.54. The van der Waals surface area contributed by atoms with Crippen LogP contribution in [0.15, 0.2) is 71.3 Å². The third kappa shape index (κ3) is 1.89. The summed E-state index contributed by atoms with van der Waals surface area (Å²) in [6, 6.07) is 20.7. The first-order valence-electron chi connectivity index (χ1n) is 9.34. The van der Waals surface area contributed by atoms with E-state index in [0.29, 0.717) is 5.71 Å². The molecule has 6 rings (SSSR count). The first-order valence-corrected chi connectivity index (χ1v) is 9.34. The molecular weight excluding hydrogens is 346 g/mol. The lowest BCUT2D eigenvalue weighted by Crippen LogP contribution is -1.96. The highest BCUT2D eigenvalue weighted by Gasteiger charge is 2.22. The van der Waals surface area contributed by atoms with Crippen LogP contribution in [0.2, 0.25) is 0 Å². The third-order valence-electron chi connectivity index (χ3n) is 5.68. The van der Waals surface area contributed by atoms with Crippen molar-refractivity contribution in [2.45, 2.75) is 6.92 Å². The Kier molecular flexibility index (Phi) is 2.98. The molecule has 28 heavy (non-hydrogen) atoms. The second-order valence-electron chi connectivity index (χ2n) is 7.19. The maximum absolute atomic E-state index is 6.31. The average Bonchev–Trinajstić information content (AvgIpc) is 3.27. The number of pyridine rings is 1. The largest absolute Gasteiger partial charge is 0.437 e. The second-order valence-corrected chi connectivity index (χ2v) is 7.19. The molecule has 0 fully saturated rings. The maximum Gasteiger partial charge on any atom is 0.227 e. The standard InChI is InChI=1S/C24H17N3O/c1-14-15-8-3-4-9-16(15)21-17-10-7-13-25-24(17)28-22(21)20(14)23-26-18-11-5-6-12-19(18)27(23)2/h3-13H,1-2H3. The van der Waals surface area contributed by atoms with E-state index in [-0.39, 0.29) is 0 Å². The summed E-state index contributed by atoms with van der Waals surface area (Å²) in [6.45, 7) is 2.15. The van der Waals surface area contributed by atoms with E-state index in [1.54, 1.807) is 6.20 Å². The molecule has 6 aromatic rings. The lowest BCUT2D eigenvalue weighted by Gasteiger charge is -2.11. The van der Waals surface area contributed by atoms with Crippen LogP contribution < -0.4 is 0 Å². The predicted octanol–water partition coefficient (Wildman–Crippen LogP) is 6.00. The first-order chi connectivity index (χ1) is 13.7. The van der Waals surface area contributed by atoms with Gasteiger partial charge in [-0.1, -0.05) is 36.4 Å². The molecule has 4 heteroatoms. The number of hydrogen-bond donors (Lipinski definition) is 0. The van der Waals surface area contributed by atoms with E-state index in [1.165, 1.54) is 16.3 Å². The SMILES string of the molecule is Cc1c(-c2nc3ccccc3n2C)c2oc3ncccc3c2c2ccccc12. The van der Waals surface area contributed by atoms with Crippen LogP contribution in [0.1, 0.15) is 5.56 Å². The summed E-state index contributed by atoms with van der Waals surface area (Å²) in [7, 11) is 2.06. The van der Waals surface area contributed by atoms with Crippen LogP contribution in [0.5, 0.6) is 0 Å². The smallest absolute Gasteiger partial charge is 0.227 e. The fourth-order valence-electron chi connectivity index (χ4n) is 4.35. The lowest BCUT2D eigenvalue weighted by molar-refractivity contribution is 0.654.